The molecule has 5 nitrogen and oxygen atoms in total. The van der Waals surface area contributed by atoms with Gasteiger partial charge in [0, 0.05) is 10.9 Å². The number of nitrogens with one attached hydrogen (secondary N) is 1. The molecule has 0 unspecified atom stereocenters. The van der Waals surface area contributed by atoms with E-state index in [0.29, 0.717) is 22.0 Å². The van der Waals surface area contributed by atoms with E-state index in [4.69, 9.17) is 5.41 Å². The van der Waals surface area contributed by atoms with E-state index < -0.39 is 0 Å². The Labute approximate surface area is 152 Å². The number of hydrogen-bond donors (Lipinski definition) is 3. The van der Waals surface area contributed by atoms with E-state index in [1.54, 1.807) is 35.7 Å². The molecule has 0 aliphatic carbocycles. The van der Waals surface area contributed by atoms with E-state index in [1.165, 1.54) is 34.4 Å². The molecule has 2 heterocycles. The van der Waals surface area contributed by atoms with Crippen LogP contribution in [0.15, 0.2) is 59.7 Å². The van der Waals surface area contributed by atoms with Gasteiger partial charge in [-0.15, -0.1) is 11.3 Å². The summed E-state index contributed by atoms with van der Waals surface area (Å²) in [5, 5.41) is 31.1. The maximum Gasteiger partial charge on any atom is 0.139 e. The van der Waals surface area contributed by atoms with Crippen LogP contribution in [0.3, 0.4) is 0 Å². The van der Waals surface area contributed by atoms with Crippen LogP contribution < -0.4 is 4.90 Å². The fourth-order valence-corrected chi connectivity index (χ4v) is 3.74. The number of amidine groups is 1. The Morgan fingerprint density at radius 2 is 1.81 bits per heavy atom. The number of nitrogens with zero attached hydrogens (tertiary/aromatic N) is 2. The predicted molar refractivity (Wildman–Crippen MR) is 100 cm³/mol. The summed E-state index contributed by atoms with van der Waals surface area (Å²) in [5.74, 6) is -0.180. The van der Waals surface area contributed by atoms with Crippen LogP contribution in [0.2, 0.25) is 0 Å². The summed E-state index contributed by atoms with van der Waals surface area (Å²) in [6.45, 7) is 0.0944. The highest BCUT2D eigenvalue weighted by Gasteiger charge is 2.32. The van der Waals surface area contributed by atoms with Crippen molar-refractivity contribution in [3.8, 4) is 17.0 Å². The van der Waals surface area contributed by atoms with Crippen LogP contribution in [0.25, 0.3) is 16.8 Å². The minimum absolute atomic E-state index is 0.0262. The van der Waals surface area contributed by atoms with E-state index in [1.807, 2.05) is 0 Å². The Balaban J connectivity index is 1.66. The van der Waals surface area contributed by atoms with Crippen LogP contribution in [0.5, 0.6) is 5.75 Å². The second-order valence-corrected chi connectivity index (χ2v) is 6.65. The molecule has 1 aliphatic heterocycles. The molecule has 0 saturated carbocycles. The molecular formula is C19H14FN3O2S. The van der Waals surface area contributed by atoms with Gasteiger partial charge in [-0.2, -0.15) is 0 Å². The number of aliphatic hydroxyl groups is 1. The van der Waals surface area contributed by atoms with E-state index in [-0.39, 0.29) is 29.7 Å². The molecule has 3 aromatic rings. The zero-order chi connectivity index (χ0) is 18.3. The third kappa shape index (κ3) is 2.72. The number of rotatable bonds is 3. The van der Waals surface area contributed by atoms with Gasteiger partial charge in [0.1, 0.15) is 28.2 Å². The van der Waals surface area contributed by atoms with Gasteiger partial charge in [0.05, 0.1) is 23.5 Å². The first-order valence-electron chi connectivity index (χ1n) is 7.83. The average Bonchev–Trinajstić information content (AvgIpc) is 3.21. The first kappa shape index (κ1) is 16.3. The number of aromatic hydroxyl groups is 1. The summed E-state index contributed by atoms with van der Waals surface area (Å²) in [6.07, 6.45) is 0. The molecule has 26 heavy (non-hydrogen) atoms. The molecule has 0 atom stereocenters. The Morgan fingerprint density at radius 1 is 1.08 bits per heavy atom. The molecule has 1 aliphatic rings. The summed E-state index contributed by atoms with van der Waals surface area (Å²) in [7, 11) is 0. The highest BCUT2D eigenvalue weighted by atomic mass is 32.1. The lowest BCUT2D eigenvalue weighted by atomic mass is 10.2. The van der Waals surface area contributed by atoms with Crippen molar-refractivity contribution in [1.82, 2.24) is 4.98 Å². The first-order chi connectivity index (χ1) is 12.5. The Hall–Kier alpha value is -3.19. The summed E-state index contributed by atoms with van der Waals surface area (Å²) in [5.41, 5.74) is 2.20. The topological polar surface area (TPSA) is 80.4 Å². The molecular weight excluding hydrogens is 353 g/mol. The van der Waals surface area contributed by atoms with E-state index in [0.717, 1.165) is 5.56 Å². The fraction of sp³-hybridized carbons (Fsp3) is 0.0526. The van der Waals surface area contributed by atoms with Gasteiger partial charge < -0.3 is 15.1 Å². The SMILES string of the molecule is N=C1C(c2nc(-c3ccc(F)cc3)cs2)=C(O)CN1c1ccccc1O. The number of phenolic OH excluding ortho intramolecular Hbond substituents is 1. The molecule has 7 heteroatoms. The van der Waals surface area contributed by atoms with Crippen molar-refractivity contribution in [2.75, 3.05) is 11.4 Å². The molecule has 0 radical (unpaired) electrons. The number of para-hydroxylation sites is 2. The highest BCUT2D eigenvalue weighted by molar-refractivity contribution is 7.11. The van der Waals surface area contributed by atoms with Crippen molar-refractivity contribution in [1.29, 1.82) is 5.41 Å². The largest absolute Gasteiger partial charge is 0.510 e. The van der Waals surface area contributed by atoms with Crippen molar-refractivity contribution in [2.24, 2.45) is 0 Å². The quantitative estimate of drug-likeness (QED) is 0.640. The van der Waals surface area contributed by atoms with Crippen molar-refractivity contribution < 1.29 is 14.6 Å². The molecule has 1 aromatic heterocycles. The normalized spacial score (nSPS) is 14.3. The van der Waals surface area contributed by atoms with E-state index >= 15 is 0 Å². The van der Waals surface area contributed by atoms with Crippen LogP contribution in [0.1, 0.15) is 5.01 Å². The molecule has 130 valence electrons. The van der Waals surface area contributed by atoms with Gasteiger partial charge in [-0.25, -0.2) is 9.37 Å². The number of thiazole rings is 1. The molecule has 4 rings (SSSR count). The van der Waals surface area contributed by atoms with Crippen LogP contribution in [-0.2, 0) is 0 Å². The summed E-state index contributed by atoms with van der Waals surface area (Å²) < 4.78 is 13.1. The third-order valence-corrected chi connectivity index (χ3v) is 4.99. The van der Waals surface area contributed by atoms with Gasteiger partial charge in [0.15, 0.2) is 0 Å². The lowest BCUT2D eigenvalue weighted by Gasteiger charge is -2.19. The molecule has 0 spiro atoms. The van der Waals surface area contributed by atoms with Gasteiger partial charge >= 0.3 is 0 Å². The molecule has 0 bridgehead atoms. The number of aromatic nitrogens is 1. The van der Waals surface area contributed by atoms with Crippen molar-refractivity contribution in [2.45, 2.75) is 0 Å². The number of aliphatic hydroxyl groups excluding tert-OH is 1. The fourth-order valence-electron chi connectivity index (χ4n) is 2.84. The maximum absolute atomic E-state index is 13.1. The molecule has 3 N–H and O–H groups in total. The summed E-state index contributed by atoms with van der Waals surface area (Å²) in [4.78, 5) is 6.02. The van der Waals surface area contributed by atoms with Gasteiger partial charge in [0.2, 0.25) is 0 Å². The van der Waals surface area contributed by atoms with Gasteiger partial charge in [0.25, 0.3) is 0 Å². The minimum Gasteiger partial charge on any atom is -0.510 e. The van der Waals surface area contributed by atoms with Crippen LogP contribution in [0.4, 0.5) is 10.1 Å². The number of hydrogen-bond acceptors (Lipinski definition) is 5. The lowest BCUT2D eigenvalue weighted by Crippen LogP contribution is -2.26. The lowest BCUT2D eigenvalue weighted by molar-refractivity contribution is 0.411. The third-order valence-electron chi connectivity index (χ3n) is 4.13. The number of benzene rings is 2. The smallest absolute Gasteiger partial charge is 0.139 e. The second-order valence-electron chi connectivity index (χ2n) is 5.79. The Kier molecular flexibility index (Phi) is 3.93. The van der Waals surface area contributed by atoms with Gasteiger partial charge in [-0.05, 0) is 36.4 Å². The molecule has 0 amide bonds. The molecule has 0 fully saturated rings. The first-order valence-corrected chi connectivity index (χ1v) is 8.71. The van der Waals surface area contributed by atoms with Crippen LogP contribution in [-0.4, -0.2) is 27.6 Å². The number of phenols is 1. The summed E-state index contributed by atoms with van der Waals surface area (Å²) in [6, 6.07) is 12.7. The highest BCUT2D eigenvalue weighted by Crippen LogP contribution is 2.37. The van der Waals surface area contributed by atoms with Crippen LogP contribution in [0, 0.1) is 11.2 Å². The zero-order valence-electron chi connectivity index (χ0n) is 13.5. The predicted octanol–water partition coefficient (Wildman–Crippen LogP) is 4.42. The van der Waals surface area contributed by atoms with E-state index in [2.05, 4.69) is 4.98 Å². The Morgan fingerprint density at radius 3 is 2.54 bits per heavy atom. The van der Waals surface area contributed by atoms with Crippen molar-refractivity contribution in [3.63, 3.8) is 0 Å². The average molecular weight is 367 g/mol. The number of halogens is 1. The monoisotopic (exact) mass is 367 g/mol. The standard InChI is InChI=1S/C19H14FN3O2S/c20-12-7-5-11(6-8-12)13-10-26-19(22-13)17-16(25)9-23(18(17)21)14-3-1-2-4-15(14)24/h1-8,10,21,24-25H,9H2. The van der Waals surface area contributed by atoms with Gasteiger partial charge in [-0.3, -0.25) is 5.41 Å². The van der Waals surface area contributed by atoms with Crippen molar-refractivity contribution in [3.05, 3.63) is 70.5 Å². The molecule has 0 saturated heterocycles. The van der Waals surface area contributed by atoms with Crippen LogP contribution >= 0.6 is 11.3 Å². The maximum atomic E-state index is 13.1. The van der Waals surface area contributed by atoms with Gasteiger partial charge in [-0.1, -0.05) is 12.1 Å². The van der Waals surface area contributed by atoms with Crippen molar-refractivity contribution >= 4 is 28.4 Å². The summed E-state index contributed by atoms with van der Waals surface area (Å²) >= 11 is 1.30. The number of anilines is 1. The van der Waals surface area contributed by atoms with E-state index in [9.17, 15) is 14.6 Å². The molecule has 2 aromatic carbocycles. The Bertz CT molecular complexity index is 1030. The zero-order valence-corrected chi connectivity index (χ0v) is 14.3. The second kappa shape index (κ2) is 6.27. The minimum atomic E-state index is -0.319.